The number of aliphatic hydroxyl groups excluding tert-OH is 1. The van der Waals surface area contributed by atoms with Crippen LogP contribution in [0.15, 0.2) is 24.3 Å². The lowest BCUT2D eigenvalue weighted by molar-refractivity contribution is -0.154. The van der Waals surface area contributed by atoms with Gasteiger partial charge in [0.25, 0.3) is 0 Å². The summed E-state index contributed by atoms with van der Waals surface area (Å²) in [4.78, 5) is 37.9. The number of ether oxygens (including phenoxy) is 3. The molecule has 3 unspecified atom stereocenters. The fraction of sp³-hybridized carbons (Fsp3) is 0.577. The average Bonchev–Trinajstić information content (AvgIpc) is 2.88. The number of rotatable bonds is 12. The summed E-state index contributed by atoms with van der Waals surface area (Å²) in [6, 6.07) is 4.63. The van der Waals surface area contributed by atoms with Crippen LogP contribution in [0, 0.1) is 11.8 Å². The number of phenols is 1. The molecular weight excluding hydrogens is 454 g/mol. The van der Waals surface area contributed by atoms with E-state index in [-0.39, 0.29) is 30.8 Å². The van der Waals surface area contributed by atoms with E-state index in [2.05, 4.69) is 4.74 Å². The molecule has 0 bridgehead atoms. The Morgan fingerprint density at radius 2 is 1.83 bits per heavy atom. The van der Waals surface area contributed by atoms with Crippen LogP contribution in [0.4, 0.5) is 0 Å². The van der Waals surface area contributed by atoms with Gasteiger partial charge in [0, 0.05) is 30.8 Å². The Kier molecular flexibility index (Phi) is 11.6. The Hall–Kier alpha value is -3.07. The van der Waals surface area contributed by atoms with Gasteiger partial charge >= 0.3 is 11.9 Å². The first kappa shape index (κ1) is 28.2. The van der Waals surface area contributed by atoms with Crippen molar-refractivity contribution in [1.82, 2.24) is 4.90 Å². The molecule has 1 aliphatic heterocycles. The molecule has 1 saturated heterocycles. The summed E-state index contributed by atoms with van der Waals surface area (Å²) in [7, 11) is 1.30. The highest BCUT2D eigenvalue weighted by Gasteiger charge is 2.25. The molecule has 9 heteroatoms. The SMILES string of the molecule is CCC(CC(C)C(=O)OC)C(=O)OCC(O)COc1ccc(/C=C/C(=O)N2CCCCC2)c(O)c1. The second kappa shape index (κ2) is 14.4. The number of benzene rings is 1. The summed E-state index contributed by atoms with van der Waals surface area (Å²) in [5.41, 5.74) is 0.476. The normalized spacial score (nSPS) is 16.4. The third-order valence-corrected chi connectivity index (χ3v) is 6.00. The van der Waals surface area contributed by atoms with Gasteiger partial charge < -0.3 is 29.3 Å². The molecule has 35 heavy (non-hydrogen) atoms. The van der Waals surface area contributed by atoms with E-state index in [9.17, 15) is 24.6 Å². The topological polar surface area (TPSA) is 123 Å². The van der Waals surface area contributed by atoms with Crippen LogP contribution in [0.25, 0.3) is 6.08 Å². The van der Waals surface area contributed by atoms with Gasteiger partial charge in [0.05, 0.1) is 18.9 Å². The van der Waals surface area contributed by atoms with Crippen LogP contribution in [0.1, 0.15) is 51.5 Å². The molecule has 2 rings (SSSR count). The molecule has 0 saturated carbocycles. The van der Waals surface area contributed by atoms with Crippen molar-refractivity contribution in [2.24, 2.45) is 11.8 Å². The minimum atomic E-state index is -1.07. The molecule has 194 valence electrons. The van der Waals surface area contributed by atoms with Crippen LogP contribution in [0.5, 0.6) is 11.5 Å². The van der Waals surface area contributed by atoms with Crippen LogP contribution >= 0.6 is 0 Å². The lowest BCUT2D eigenvalue weighted by atomic mass is 9.94. The van der Waals surface area contributed by atoms with Crippen molar-refractivity contribution in [2.75, 3.05) is 33.4 Å². The lowest BCUT2D eigenvalue weighted by Crippen LogP contribution is -2.34. The quantitative estimate of drug-likeness (QED) is 0.338. The highest BCUT2D eigenvalue weighted by atomic mass is 16.5. The van der Waals surface area contributed by atoms with Crippen LogP contribution in [0.2, 0.25) is 0 Å². The number of aliphatic hydroxyl groups is 1. The predicted molar refractivity (Wildman–Crippen MR) is 130 cm³/mol. The van der Waals surface area contributed by atoms with Gasteiger partial charge in [-0.1, -0.05) is 13.8 Å². The van der Waals surface area contributed by atoms with Crippen molar-refractivity contribution >= 4 is 23.9 Å². The Morgan fingerprint density at radius 1 is 1.11 bits per heavy atom. The zero-order chi connectivity index (χ0) is 25.8. The van der Waals surface area contributed by atoms with Crippen molar-refractivity contribution in [2.45, 2.75) is 52.1 Å². The summed E-state index contributed by atoms with van der Waals surface area (Å²) in [5, 5.41) is 20.4. The number of phenolic OH excluding ortho intramolecular Hbond substituents is 1. The molecule has 1 aromatic carbocycles. The first-order valence-electron chi connectivity index (χ1n) is 12.1. The summed E-state index contributed by atoms with van der Waals surface area (Å²) in [5.74, 6) is -1.59. The number of amides is 1. The van der Waals surface area contributed by atoms with E-state index in [4.69, 9.17) is 9.47 Å². The molecule has 0 radical (unpaired) electrons. The molecule has 1 amide bonds. The number of methoxy groups -OCH3 is 1. The number of carbonyl (C=O) groups excluding carboxylic acids is 3. The third-order valence-electron chi connectivity index (χ3n) is 6.00. The summed E-state index contributed by atoms with van der Waals surface area (Å²) in [6.45, 7) is 4.62. The summed E-state index contributed by atoms with van der Waals surface area (Å²) < 4.78 is 15.4. The van der Waals surface area contributed by atoms with E-state index in [1.54, 1.807) is 30.0 Å². The highest BCUT2D eigenvalue weighted by Crippen LogP contribution is 2.25. The average molecular weight is 492 g/mol. The number of aromatic hydroxyl groups is 1. The highest BCUT2D eigenvalue weighted by molar-refractivity contribution is 5.92. The number of esters is 2. The monoisotopic (exact) mass is 491 g/mol. The van der Waals surface area contributed by atoms with Crippen LogP contribution < -0.4 is 4.74 Å². The lowest BCUT2D eigenvalue weighted by Gasteiger charge is -2.25. The second-order valence-electron chi connectivity index (χ2n) is 8.80. The number of piperidine rings is 1. The number of hydrogen-bond donors (Lipinski definition) is 2. The molecule has 2 N–H and O–H groups in total. The minimum absolute atomic E-state index is 0.0587. The maximum Gasteiger partial charge on any atom is 0.309 e. The largest absolute Gasteiger partial charge is 0.507 e. The molecule has 1 aliphatic rings. The molecule has 0 spiro atoms. The predicted octanol–water partition coefficient (Wildman–Crippen LogP) is 2.93. The first-order valence-corrected chi connectivity index (χ1v) is 12.1. The number of carbonyl (C=O) groups is 3. The van der Waals surface area contributed by atoms with E-state index < -0.39 is 23.9 Å². The van der Waals surface area contributed by atoms with Crippen LogP contribution in [-0.4, -0.2) is 72.5 Å². The van der Waals surface area contributed by atoms with E-state index in [1.807, 2.05) is 6.92 Å². The van der Waals surface area contributed by atoms with Crippen molar-refractivity contribution in [3.05, 3.63) is 29.8 Å². The molecule has 3 atom stereocenters. The van der Waals surface area contributed by atoms with Crippen molar-refractivity contribution < 1.29 is 38.8 Å². The van der Waals surface area contributed by atoms with E-state index in [0.717, 1.165) is 32.4 Å². The van der Waals surface area contributed by atoms with Crippen molar-refractivity contribution in [3.63, 3.8) is 0 Å². The molecule has 0 aliphatic carbocycles. The van der Waals surface area contributed by atoms with Gasteiger partial charge in [0.2, 0.25) is 5.91 Å². The molecule has 1 heterocycles. The van der Waals surface area contributed by atoms with E-state index in [1.165, 1.54) is 19.3 Å². The molecule has 9 nitrogen and oxygen atoms in total. The summed E-state index contributed by atoms with van der Waals surface area (Å²) in [6.07, 6.45) is 5.91. The van der Waals surface area contributed by atoms with Crippen LogP contribution in [-0.2, 0) is 23.9 Å². The Labute approximate surface area is 206 Å². The number of nitrogens with zero attached hydrogens (tertiary/aromatic N) is 1. The number of hydrogen-bond acceptors (Lipinski definition) is 8. The molecule has 0 aromatic heterocycles. The Bertz CT molecular complexity index is 878. The third kappa shape index (κ3) is 9.24. The standard InChI is InChI=1S/C26H37NO8/c1-4-19(14-18(2)25(31)33-3)26(32)35-17-21(28)16-34-22-10-8-20(23(29)15-22)9-11-24(30)27-12-6-5-7-13-27/h8-11,15,18-19,21,28-29H,4-7,12-14,16-17H2,1-3H3/b11-9+. The maximum absolute atomic E-state index is 12.3. The molecule has 1 fully saturated rings. The van der Waals surface area contributed by atoms with Crippen molar-refractivity contribution in [3.8, 4) is 11.5 Å². The Morgan fingerprint density at radius 3 is 2.46 bits per heavy atom. The number of likely N-dealkylation sites (tertiary alicyclic amines) is 1. The maximum atomic E-state index is 12.3. The minimum Gasteiger partial charge on any atom is -0.507 e. The van der Waals surface area contributed by atoms with Crippen molar-refractivity contribution in [1.29, 1.82) is 0 Å². The smallest absolute Gasteiger partial charge is 0.309 e. The van der Waals surface area contributed by atoms with E-state index >= 15 is 0 Å². The molecular formula is C26H37NO8. The van der Waals surface area contributed by atoms with Gasteiger partial charge in [-0.3, -0.25) is 14.4 Å². The summed E-state index contributed by atoms with van der Waals surface area (Å²) >= 11 is 0. The van der Waals surface area contributed by atoms with E-state index in [0.29, 0.717) is 24.2 Å². The second-order valence-corrected chi connectivity index (χ2v) is 8.80. The van der Waals surface area contributed by atoms with Gasteiger partial charge in [-0.25, -0.2) is 0 Å². The Balaban J connectivity index is 1.79. The fourth-order valence-electron chi connectivity index (χ4n) is 3.83. The first-order chi connectivity index (χ1) is 16.7. The zero-order valence-corrected chi connectivity index (χ0v) is 20.8. The van der Waals surface area contributed by atoms with Gasteiger partial charge in [-0.15, -0.1) is 0 Å². The van der Waals surface area contributed by atoms with Gasteiger partial charge in [0.1, 0.15) is 30.8 Å². The van der Waals surface area contributed by atoms with Gasteiger partial charge in [0.15, 0.2) is 0 Å². The van der Waals surface area contributed by atoms with Crippen LogP contribution in [0.3, 0.4) is 0 Å². The van der Waals surface area contributed by atoms with Gasteiger partial charge in [-0.2, -0.15) is 0 Å². The fourth-order valence-corrected chi connectivity index (χ4v) is 3.83. The molecule has 1 aromatic rings. The van der Waals surface area contributed by atoms with Gasteiger partial charge in [-0.05, 0) is 50.3 Å². The zero-order valence-electron chi connectivity index (χ0n) is 20.8.